The number of carbonyl (C=O) groups excluding carboxylic acids is 3. The molecule has 3 fully saturated rings. The lowest BCUT2D eigenvalue weighted by Gasteiger charge is -2.28. The Morgan fingerprint density at radius 1 is 1.16 bits per heavy atom. The van der Waals surface area contributed by atoms with Gasteiger partial charge in [0.25, 0.3) is 0 Å². The number of rotatable bonds is 3. The van der Waals surface area contributed by atoms with Gasteiger partial charge in [-0.15, -0.1) is 0 Å². The third-order valence-electron chi connectivity index (χ3n) is 5.51. The maximum absolute atomic E-state index is 12.7. The van der Waals surface area contributed by atoms with E-state index in [0.29, 0.717) is 5.69 Å². The molecule has 132 valence electrons. The van der Waals surface area contributed by atoms with Crippen molar-refractivity contribution < 1.29 is 19.5 Å². The van der Waals surface area contributed by atoms with Gasteiger partial charge in [0.1, 0.15) is 12.3 Å². The van der Waals surface area contributed by atoms with Gasteiger partial charge in [0.2, 0.25) is 17.7 Å². The Kier molecular flexibility index (Phi) is 4.15. The summed E-state index contributed by atoms with van der Waals surface area (Å²) in [5, 5.41) is 12.0. The lowest BCUT2D eigenvalue weighted by atomic mass is 9.81. The van der Waals surface area contributed by atoms with E-state index >= 15 is 0 Å². The highest BCUT2D eigenvalue weighted by atomic mass is 79.9. The number of aromatic hydroxyl groups is 1. The van der Waals surface area contributed by atoms with Crippen LogP contribution in [0.1, 0.15) is 6.42 Å². The number of halogens is 2. The van der Waals surface area contributed by atoms with Gasteiger partial charge in [-0.25, -0.2) is 0 Å². The van der Waals surface area contributed by atoms with Crippen molar-refractivity contribution in [3.05, 3.63) is 24.3 Å². The molecule has 6 nitrogen and oxygen atoms in total. The van der Waals surface area contributed by atoms with Crippen LogP contribution in [0.5, 0.6) is 5.75 Å². The van der Waals surface area contributed by atoms with E-state index < -0.39 is 5.91 Å². The Bertz CT molecular complexity index is 739. The molecular weight excluding hydrogens is 456 g/mol. The molecule has 3 amide bonds. The van der Waals surface area contributed by atoms with E-state index in [1.165, 1.54) is 12.1 Å². The van der Waals surface area contributed by atoms with E-state index in [0.717, 1.165) is 11.3 Å². The minimum Gasteiger partial charge on any atom is -0.508 e. The van der Waals surface area contributed by atoms with Crippen LogP contribution < -0.4 is 5.32 Å². The highest BCUT2D eigenvalue weighted by Crippen LogP contribution is 2.60. The van der Waals surface area contributed by atoms with Crippen LogP contribution in [-0.2, 0) is 14.4 Å². The second-order valence-electron chi connectivity index (χ2n) is 6.86. The van der Waals surface area contributed by atoms with Crippen molar-refractivity contribution in [1.82, 2.24) is 4.90 Å². The van der Waals surface area contributed by atoms with Gasteiger partial charge in [-0.1, -0.05) is 37.9 Å². The average Bonchev–Trinajstić information content (AvgIpc) is 3.15. The highest BCUT2D eigenvalue weighted by Gasteiger charge is 2.66. The second-order valence-corrected chi connectivity index (χ2v) is 8.98. The van der Waals surface area contributed by atoms with Crippen LogP contribution in [0.15, 0.2) is 24.3 Å². The Morgan fingerprint density at radius 3 is 2.32 bits per heavy atom. The molecule has 25 heavy (non-hydrogen) atoms. The molecule has 2 aliphatic carbocycles. The van der Waals surface area contributed by atoms with Gasteiger partial charge >= 0.3 is 0 Å². The Morgan fingerprint density at radius 2 is 1.76 bits per heavy atom. The largest absolute Gasteiger partial charge is 0.508 e. The van der Waals surface area contributed by atoms with Crippen molar-refractivity contribution in [3.63, 3.8) is 0 Å². The number of anilines is 1. The summed E-state index contributed by atoms with van der Waals surface area (Å²) in [7, 11) is 0. The number of carbonyl (C=O) groups is 3. The number of benzene rings is 1. The SMILES string of the molecule is O=C(CN1C(=O)[C@@H]2[C@H]3C[C@@H]([C@H](Br)[C@@H]3Br)[C@@H]2C1=O)Nc1cccc(O)c1. The summed E-state index contributed by atoms with van der Waals surface area (Å²) in [6, 6.07) is 6.13. The van der Waals surface area contributed by atoms with Crippen molar-refractivity contribution in [2.45, 2.75) is 16.1 Å². The summed E-state index contributed by atoms with van der Waals surface area (Å²) in [5.41, 5.74) is 0.422. The van der Waals surface area contributed by atoms with Gasteiger partial charge in [-0.05, 0) is 30.4 Å². The molecule has 1 aliphatic heterocycles. The fraction of sp³-hybridized carbons (Fsp3) is 0.471. The third kappa shape index (κ3) is 2.61. The first-order chi connectivity index (χ1) is 11.9. The molecule has 2 saturated carbocycles. The van der Waals surface area contributed by atoms with E-state index in [1.807, 2.05) is 0 Å². The van der Waals surface area contributed by atoms with E-state index in [2.05, 4.69) is 37.2 Å². The molecule has 1 aromatic rings. The van der Waals surface area contributed by atoms with E-state index in [1.54, 1.807) is 12.1 Å². The number of amides is 3. The maximum Gasteiger partial charge on any atom is 0.244 e. The first-order valence-corrected chi connectivity index (χ1v) is 9.94. The van der Waals surface area contributed by atoms with Gasteiger partial charge in [0.05, 0.1) is 11.8 Å². The van der Waals surface area contributed by atoms with E-state index in [9.17, 15) is 19.5 Å². The Hall–Kier alpha value is -1.41. The number of alkyl halides is 2. The summed E-state index contributed by atoms with van der Waals surface area (Å²) in [5.74, 6) is -1.26. The van der Waals surface area contributed by atoms with Gasteiger partial charge in [0, 0.05) is 21.4 Å². The third-order valence-corrected chi connectivity index (χ3v) is 8.72. The monoisotopic (exact) mass is 470 g/mol. The quantitative estimate of drug-likeness (QED) is 0.522. The summed E-state index contributed by atoms with van der Waals surface area (Å²) in [6.45, 7) is -0.292. The van der Waals surface area contributed by atoms with Crippen molar-refractivity contribution in [1.29, 1.82) is 0 Å². The van der Waals surface area contributed by atoms with Gasteiger partial charge < -0.3 is 10.4 Å². The first-order valence-electron chi connectivity index (χ1n) is 8.10. The molecule has 4 rings (SSSR count). The number of hydrogen-bond acceptors (Lipinski definition) is 4. The number of fused-ring (bicyclic) bond motifs is 5. The smallest absolute Gasteiger partial charge is 0.244 e. The molecule has 0 unspecified atom stereocenters. The zero-order valence-electron chi connectivity index (χ0n) is 13.1. The molecule has 2 bridgehead atoms. The molecule has 8 heteroatoms. The van der Waals surface area contributed by atoms with Crippen molar-refractivity contribution in [2.24, 2.45) is 23.7 Å². The maximum atomic E-state index is 12.7. The number of nitrogens with zero attached hydrogens (tertiary/aromatic N) is 1. The Labute approximate surface area is 161 Å². The predicted molar refractivity (Wildman–Crippen MR) is 97.5 cm³/mol. The number of hydrogen-bond donors (Lipinski definition) is 2. The average molecular weight is 472 g/mol. The first kappa shape index (κ1) is 17.0. The van der Waals surface area contributed by atoms with Crippen molar-refractivity contribution in [2.75, 3.05) is 11.9 Å². The highest BCUT2D eigenvalue weighted by molar-refractivity contribution is 9.12. The fourth-order valence-electron chi connectivity index (χ4n) is 4.49. The summed E-state index contributed by atoms with van der Waals surface area (Å²) in [4.78, 5) is 39.2. The van der Waals surface area contributed by atoms with Crippen LogP contribution in [0.2, 0.25) is 0 Å². The number of likely N-dealkylation sites (tertiary alicyclic amines) is 1. The van der Waals surface area contributed by atoms with Crippen LogP contribution in [0.4, 0.5) is 5.69 Å². The summed E-state index contributed by atoms with van der Waals surface area (Å²) in [6.07, 6.45) is 0.863. The number of phenolic OH excluding ortho intramolecular Hbond substituents is 1. The van der Waals surface area contributed by atoms with Crippen LogP contribution in [0.3, 0.4) is 0 Å². The lowest BCUT2D eigenvalue weighted by Crippen LogP contribution is -2.39. The number of nitrogens with one attached hydrogen (secondary N) is 1. The zero-order chi connectivity index (χ0) is 17.9. The molecule has 2 N–H and O–H groups in total. The van der Waals surface area contributed by atoms with Gasteiger partial charge in [-0.2, -0.15) is 0 Å². The molecule has 1 heterocycles. The van der Waals surface area contributed by atoms with E-state index in [4.69, 9.17) is 0 Å². The number of phenols is 1. The molecule has 0 spiro atoms. The molecular formula is C17H16Br2N2O4. The van der Waals surface area contributed by atoms with Crippen LogP contribution in [0, 0.1) is 23.7 Å². The standard InChI is InChI=1S/C17H16Br2N2O4/c18-14-9-5-10(15(14)19)13-12(9)16(24)21(17(13)25)6-11(23)20-7-2-1-3-8(22)4-7/h1-4,9-10,12-15,22H,5-6H2,(H,20,23)/t9-,10-,12-,13+,14-,15+/m1/s1. The molecule has 1 aromatic carbocycles. The minimum absolute atomic E-state index is 0.0314. The van der Waals surface area contributed by atoms with Gasteiger partial charge in [0.15, 0.2) is 0 Å². The van der Waals surface area contributed by atoms with Gasteiger partial charge in [-0.3, -0.25) is 19.3 Å². The second kappa shape index (κ2) is 6.09. The van der Waals surface area contributed by atoms with Crippen molar-refractivity contribution >= 4 is 55.3 Å². The van der Waals surface area contributed by atoms with Crippen molar-refractivity contribution in [3.8, 4) is 5.75 Å². The molecule has 3 aliphatic rings. The molecule has 0 aromatic heterocycles. The van der Waals surface area contributed by atoms with E-state index in [-0.39, 0.29) is 57.4 Å². The predicted octanol–water partition coefficient (Wildman–Crippen LogP) is 2.11. The topological polar surface area (TPSA) is 86.7 Å². The summed E-state index contributed by atoms with van der Waals surface area (Å²) >= 11 is 7.27. The fourth-order valence-corrected chi connectivity index (χ4v) is 6.37. The zero-order valence-corrected chi connectivity index (χ0v) is 16.2. The van der Waals surface area contributed by atoms with Crippen LogP contribution in [0.25, 0.3) is 0 Å². The number of imide groups is 1. The molecule has 6 atom stereocenters. The molecule has 0 radical (unpaired) electrons. The minimum atomic E-state index is -0.453. The molecule has 1 saturated heterocycles. The van der Waals surface area contributed by atoms with Crippen LogP contribution in [-0.4, -0.2) is 43.9 Å². The van der Waals surface area contributed by atoms with Crippen LogP contribution >= 0.6 is 31.9 Å². The normalized spacial score (nSPS) is 36.0. The Balaban J connectivity index is 1.48. The lowest BCUT2D eigenvalue weighted by molar-refractivity contribution is -0.143. The summed E-state index contributed by atoms with van der Waals surface area (Å²) < 4.78 is 0.